The van der Waals surface area contributed by atoms with E-state index in [1.807, 2.05) is 40.7 Å². The van der Waals surface area contributed by atoms with Gasteiger partial charge in [0.25, 0.3) is 0 Å². The van der Waals surface area contributed by atoms with Gasteiger partial charge in [-0.3, -0.25) is 0 Å². The minimum absolute atomic E-state index is 0.0583. The largest absolute Gasteiger partial charge is 0.326 e. The number of benzene rings is 1. The second kappa shape index (κ2) is 6.03. The average molecular weight is 284 g/mol. The van der Waals surface area contributed by atoms with Crippen molar-refractivity contribution in [3.05, 3.63) is 28.8 Å². The monoisotopic (exact) mass is 284 g/mol. The Morgan fingerprint density at radius 3 is 2.21 bits per heavy atom. The first-order valence-electron chi connectivity index (χ1n) is 6.57. The summed E-state index contributed by atoms with van der Waals surface area (Å²) in [5.41, 5.74) is 8.36. The van der Waals surface area contributed by atoms with Crippen LogP contribution in [-0.4, -0.2) is 25.3 Å². The molecule has 1 aromatic carbocycles. The summed E-state index contributed by atoms with van der Waals surface area (Å²) in [6, 6.07) is 3.55. The topological polar surface area (TPSA) is 63.4 Å². The summed E-state index contributed by atoms with van der Waals surface area (Å²) in [7, 11) is -3.45. The molecule has 1 rings (SSSR count). The van der Waals surface area contributed by atoms with Gasteiger partial charge in [0.05, 0.1) is 4.90 Å². The first kappa shape index (κ1) is 16.1. The molecule has 0 saturated carbocycles. The maximum absolute atomic E-state index is 12.7. The number of hydrogen-bond acceptors (Lipinski definition) is 3. The molecule has 19 heavy (non-hydrogen) atoms. The Kier molecular flexibility index (Phi) is 5.12. The van der Waals surface area contributed by atoms with E-state index < -0.39 is 10.0 Å². The number of nitrogens with zero attached hydrogens (tertiary/aromatic N) is 1. The lowest BCUT2D eigenvalue weighted by Crippen LogP contribution is -2.37. The normalized spacial score (nSPS) is 12.4. The van der Waals surface area contributed by atoms with Crippen molar-refractivity contribution in [2.75, 3.05) is 6.54 Å². The first-order valence-corrected chi connectivity index (χ1v) is 8.01. The summed E-state index contributed by atoms with van der Waals surface area (Å²) in [6.45, 7) is 10.2. The Balaban J connectivity index is 3.44. The second-order valence-corrected chi connectivity index (χ2v) is 6.91. The van der Waals surface area contributed by atoms with Crippen molar-refractivity contribution in [3.8, 4) is 0 Å². The van der Waals surface area contributed by atoms with Crippen molar-refractivity contribution in [2.45, 2.75) is 52.1 Å². The van der Waals surface area contributed by atoms with E-state index in [4.69, 9.17) is 5.73 Å². The van der Waals surface area contributed by atoms with Gasteiger partial charge in [-0.15, -0.1) is 0 Å². The van der Waals surface area contributed by atoms with Crippen LogP contribution in [0.3, 0.4) is 0 Å². The zero-order valence-corrected chi connectivity index (χ0v) is 13.2. The molecule has 2 N–H and O–H groups in total. The Labute approximate surface area is 116 Å². The summed E-state index contributed by atoms with van der Waals surface area (Å²) < 4.78 is 26.9. The van der Waals surface area contributed by atoms with Gasteiger partial charge in [0, 0.05) is 19.1 Å². The standard InChI is InChI=1S/C14H24N2O2S/c1-6-16(10(2)3)19(17,18)14-8-13(9-15)11(4)7-12(14)5/h7-8,10H,6,9,15H2,1-5H3. The van der Waals surface area contributed by atoms with E-state index in [0.717, 1.165) is 16.7 Å². The van der Waals surface area contributed by atoms with Gasteiger partial charge in [-0.05, 0) is 50.5 Å². The third-order valence-corrected chi connectivity index (χ3v) is 5.62. The fourth-order valence-electron chi connectivity index (χ4n) is 2.31. The summed E-state index contributed by atoms with van der Waals surface area (Å²) in [6.07, 6.45) is 0. The highest BCUT2D eigenvalue weighted by Gasteiger charge is 2.27. The van der Waals surface area contributed by atoms with Gasteiger partial charge in [-0.25, -0.2) is 8.42 Å². The van der Waals surface area contributed by atoms with Gasteiger partial charge < -0.3 is 5.73 Å². The van der Waals surface area contributed by atoms with Gasteiger partial charge in [0.1, 0.15) is 0 Å². The Morgan fingerprint density at radius 2 is 1.79 bits per heavy atom. The Morgan fingerprint density at radius 1 is 1.21 bits per heavy atom. The van der Waals surface area contributed by atoms with Crippen LogP contribution in [0.1, 0.15) is 37.5 Å². The van der Waals surface area contributed by atoms with Crippen molar-refractivity contribution >= 4 is 10.0 Å². The minimum Gasteiger partial charge on any atom is -0.326 e. The lowest BCUT2D eigenvalue weighted by molar-refractivity contribution is 0.369. The number of sulfonamides is 1. The molecule has 0 aromatic heterocycles. The first-order chi connectivity index (χ1) is 8.75. The molecular formula is C14H24N2O2S. The van der Waals surface area contributed by atoms with Crippen molar-refractivity contribution in [1.82, 2.24) is 4.31 Å². The van der Waals surface area contributed by atoms with Gasteiger partial charge in [0.2, 0.25) is 10.0 Å². The highest BCUT2D eigenvalue weighted by atomic mass is 32.2. The highest BCUT2D eigenvalue weighted by Crippen LogP contribution is 2.24. The van der Waals surface area contributed by atoms with Gasteiger partial charge in [-0.1, -0.05) is 13.0 Å². The molecule has 0 spiro atoms. The molecule has 0 unspecified atom stereocenters. The summed E-state index contributed by atoms with van der Waals surface area (Å²) >= 11 is 0. The average Bonchev–Trinajstić information content (AvgIpc) is 2.28. The van der Waals surface area contributed by atoms with Crippen LogP contribution in [0.5, 0.6) is 0 Å². The number of nitrogens with two attached hydrogens (primary N) is 1. The zero-order chi connectivity index (χ0) is 14.8. The van der Waals surface area contributed by atoms with Crippen LogP contribution >= 0.6 is 0 Å². The molecule has 0 amide bonds. The van der Waals surface area contributed by atoms with Crippen LogP contribution in [0.15, 0.2) is 17.0 Å². The molecule has 0 saturated heterocycles. The predicted octanol–water partition coefficient (Wildman–Crippen LogP) is 2.18. The maximum Gasteiger partial charge on any atom is 0.243 e. The molecule has 5 heteroatoms. The van der Waals surface area contributed by atoms with Gasteiger partial charge in [0.15, 0.2) is 0 Å². The minimum atomic E-state index is -3.45. The summed E-state index contributed by atoms with van der Waals surface area (Å²) in [5.74, 6) is 0. The van der Waals surface area contributed by atoms with Crippen LogP contribution in [0.25, 0.3) is 0 Å². The molecule has 0 aliphatic heterocycles. The Bertz CT molecular complexity index is 551. The van der Waals surface area contributed by atoms with Crippen LogP contribution in [-0.2, 0) is 16.6 Å². The molecule has 0 heterocycles. The van der Waals surface area contributed by atoms with E-state index in [1.54, 1.807) is 6.07 Å². The Hall–Kier alpha value is -0.910. The van der Waals surface area contributed by atoms with E-state index in [2.05, 4.69) is 0 Å². The fraction of sp³-hybridized carbons (Fsp3) is 0.571. The molecule has 108 valence electrons. The maximum atomic E-state index is 12.7. The molecule has 0 bridgehead atoms. The lowest BCUT2D eigenvalue weighted by Gasteiger charge is -2.25. The van der Waals surface area contributed by atoms with Gasteiger partial charge >= 0.3 is 0 Å². The number of rotatable bonds is 5. The van der Waals surface area contributed by atoms with Crippen molar-refractivity contribution < 1.29 is 8.42 Å². The van der Waals surface area contributed by atoms with Crippen molar-refractivity contribution in [3.63, 3.8) is 0 Å². The van der Waals surface area contributed by atoms with E-state index in [1.165, 1.54) is 4.31 Å². The molecule has 1 aromatic rings. The zero-order valence-electron chi connectivity index (χ0n) is 12.4. The van der Waals surface area contributed by atoms with Crippen molar-refractivity contribution in [1.29, 1.82) is 0 Å². The molecule has 0 aliphatic carbocycles. The lowest BCUT2D eigenvalue weighted by atomic mass is 10.1. The van der Waals surface area contributed by atoms with E-state index in [9.17, 15) is 8.42 Å². The molecule has 0 fully saturated rings. The number of hydrogen-bond donors (Lipinski definition) is 1. The fourth-order valence-corrected chi connectivity index (χ4v) is 4.22. The smallest absolute Gasteiger partial charge is 0.243 e. The molecule has 0 aliphatic rings. The number of aryl methyl sites for hydroxylation is 2. The van der Waals surface area contributed by atoms with Crippen LogP contribution < -0.4 is 5.73 Å². The van der Waals surface area contributed by atoms with E-state index in [0.29, 0.717) is 18.0 Å². The van der Waals surface area contributed by atoms with E-state index >= 15 is 0 Å². The molecule has 0 radical (unpaired) electrons. The predicted molar refractivity (Wildman–Crippen MR) is 78.5 cm³/mol. The molecule has 4 nitrogen and oxygen atoms in total. The molecular weight excluding hydrogens is 260 g/mol. The van der Waals surface area contributed by atoms with Crippen LogP contribution in [0.4, 0.5) is 0 Å². The highest BCUT2D eigenvalue weighted by molar-refractivity contribution is 7.89. The quantitative estimate of drug-likeness (QED) is 0.901. The molecule has 0 atom stereocenters. The second-order valence-electron chi connectivity index (χ2n) is 5.05. The SMILES string of the molecule is CCN(C(C)C)S(=O)(=O)c1cc(CN)c(C)cc1C. The van der Waals surface area contributed by atoms with E-state index in [-0.39, 0.29) is 6.04 Å². The summed E-state index contributed by atoms with van der Waals surface area (Å²) in [5, 5.41) is 0. The van der Waals surface area contributed by atoms with Crippen LogP contribution in [0, 0.1) is 13.8 Å². The van der Waals surface area contributed by atoms with Crippen molar-refractivity contribution in [2.24, 2.45) is 5.73 Å². The van der Waals surface area contributed by atoms with Gasteiger partial charge in [-0.2, -0.15) is 4.31 Å². The third-order valence-electron chi connectivity index (χ3n) is 3.33. The summed E-state index contributed by atoms with van der Waals surface area (Å²) in [4.78, 5) is 0.370. The third kappa shape index (κ3) is 3.16. The van der Waals surface area contributed by atoms with Crippen LogP contribution in [0.2, 0.25) is 0 Å².